The van der Waals surface area contributed by atoms with E-state index in [-0.39, 0.29) is 5.78 Å². The molecule has 112 valence electrons. The Morgan fingerprint density at radius 3 is 2.76 bits per heavy atom. The molecule has 2 N–H and O–H groups in total. The Morgan fingerprint density at radius 2 is 2.05 bits per heavy atom. The minimum absolute atomic E-state index is 0.146. The molecular weight excluding hydrogens is 272 g/mol. The van der Waals surface area contributed by atoms with Gasteiger partial charge in [-0.2, -0.15) is 0 Å². The van der Waals surface area contributed by atoms with Gasteiger partial charge in [0, 0.05) is 19.0 Å². The summed E-state index contributed by atoms with van der Waals surface area (Å²) in [6, 6.07) is 4.61. The first-order chi connectivity index (χ1) is 10.0. The maximum absolute atomic E-state index is 11.7. The number of nitrogens with one attached hydrogen (secondary N) is 2. The van der Waals surface area contributed by atoms with Gasteiger partial charge in [0.15, 0.2) is 11.9 Å². The first-order valence-electron chi connectivity index (χ1n) is 6.86. The van der Waals surface area contributed by atoms with Crippen molar-refractivity contribution in [2.75, 3.05) is 7.05 Å². The summed E-state index contributed by atoms with van der Waals surface area (Å²) in [7, 11) is 1.43. The fourth-order valence-corrected chi connectivity index (χ4v) is 2.23. The molecule has 1 aliphatic rings. The lowest BCUT2D eigenvalue weighted by Gasteiger charge is -2.18. The van der Waals surface area contributed by atoms with E-state index in [2.05, 4.69) is 10.6 Å². The Hall–Kier alpha value is -2.37. The van der Waals surface area contributed by atoms with Gasteiger partial charge >= 0.3 is 6.03 Å². The van der Waals surface area contributed by atoms with Crippen molar-refractivity contribution in [1.82, 2.24) is 10.6 Å². The van der Waals surface area contributed by atoms with Crippen LogP contribution in [0.4, 0.5) is 4.79 Å². The van der Waals surface area contributed by atoms with Crippen molar-refractivity contribution in [3.05, 3.63) is 29.3 Å². The van der Waals surface area contributed by atoms with Gasteiger partial charge in [-0.3, -0.25) is 14.9 Å². The van der Waals surface area contributed by atoms with E-state index in [1.54, 1.807) is 25.1 Å². The molecule has 0 aromatic heterocycles. The van der Waals surface area contributed by atoms with Gasteiger partial charge in [0.25, 0.3) is 5.91 Å². The third-order valence-electron chi connectivity index (χ3n) is 3.37. The number of hydrogen-bond donors (Lipinski definition) is 2. The predicted molar refractivity (Wildman–Crippen MR) is 76.4 cm³/mol. The highest BCUT2D eigenvalue weighted by molar-refractivity contribution is 5.98. The van der Waals surface area contributed by atoms with Crippen molar-refractivity contribution < 1.29 is 19.1 Å². The van der Waals surface area contributed by atoms with Crippen molar-refractivity contribution in [3.8, 4) is 5.75 Å². The van der Waals surface area contributed by atoms with Crippen LogP contribution in [-0.2, 0) is 11.2 Å². The van der Waals surface area contributed by atoms with Gasteiger partial charge < -0.3 is 10.1 Å². The van der Waals surface area contributed by atoms with Crippen LogP contribution in [0.2, 0.25) is 0 Å². The number of carbonyl (C=O) groups excluding carboxylic acids is 3. The van der Waals surface area contributed by atoms with Gasteiger partial charge in [-0.1, -0.05) is 0 Å². The molecule has 1 aromatic rings. The minimum Gasteiger partial charge on any atom is -0.481 e. The summed E-state index contributed by atoms with van der Waals surface area (Å²) in [4.78, 5) is 34.5. The highest BCUT2D eigenvalue weighted by Crippen LogP contribution is 2.25. The van der Waals surface area contributed by atoms with E-state index < -0.39 is 18.0 Å². The molecule has 3 amide bonds. The molecule has 0 heterocycles. The number of urea groups is 1. The molecule has 0 bridgehead atoms. The monoisotopic (exact) mass is 290 g/mol. The van der Waals surface area contributed by atoms with Crippen LogP contribution in [0.25, 0.3) is 0 Å². The molecule has 0 radical (unpaired) electrons. The summed E-state index contributed by atoms with van der Waals surface area (Å²) < 4.78 is 5.52. The summed E-state index contributed by atoms with van der Waals surface area (Å²) >= 11 is 0. The highest BCUT2D eigenvalue weighted by Gasteiger charge is 2.20. The van der Waals surface area contributed by atoms with Gasteiger partial charge in [-0.25, -0.2) is 4.79 Å². The van der Waals surface area contributed by atoms with Gasteiger partial charge in [-0.05, 0) is 43.5 Å². The molecule has 0 fully saturated rings. The summed E-state index contributed by atoms with van der Waals surface area (Å²) in [5.74, 6) is 0.138. The first kappa shape index (κ1) is 15.0. The normalized spacial score (nSPS) is 14.9. The van der Waals surface area contributed by atoms with Gasteiger partial charge in [0.1, 0.15) is 5.75 Å². The number of carbonyl (C=O) groups is 3. The Kier molecular flexibility index (Phi) is 4.57. The number of rotatable bonds is 3. The van der Waals surface area contributed by atoms with E-state index in [0.29, 0.717) is 12.2 Å². The molecule has 1 aromatic carbocycles. The van der Waals surface area contributed by atoms with Crippen molar-refractivity contribution in [1.29, 1.82) is 0 Å². The van der Waals surface area contributed by atoms with Gasteiger partial charge in [-0.15, -0.1) is 0 Å². The maximum atomic E-state index is 11.7. The van der Waals surface area contributed by atoms with Gasteiger partial charge in [0.2, 0.25) is 0 Å². The standard InChI is InChI=1S/C15H18N2O4/c1-9(14(19)17-15(20)16-2)21-11-6-7-12-10(8-11)4-3-5-13(12)18/h6-9H,3-5H2,1-2H3,(H2,16,17,19,20). The number of fused-ring (bicyclic) bond motifs is 1. The number of ketones is 1. The van der Waals surface area contributed by atoms with E-state index in [4.69, 9.17) is 4.74 Å². The summed E-state index contributed by atoms with van der Waals surface area (Å²) in [6.07, 6.45) is 1.44. The zero-order valence-electron chi connectivity index (χ0n) is 12.1. The predicted octanol–water partition coefficient (Wildman–Crippen LogP) is 1.43. The number of aryl methyl sites for hydroxylation is 1. The van der Waals surface area contributed by atoms with E-state index in [0.717, 1.165) is 24.0 Å². The number of ether oxygens (including phenoxy) is 1. The lowest BCUT2D eigenvalue weighted by atomic mass is 9.90. The molecule has 6 heteroatoms. The fraction of sp³-hybridized carbons (Fsp3) is 0.400. The third kappa shape index (κ3) is 3.59. The summed E-state index contributed by atoms with van der Waals surface area (Å²) in [5, 5.41) is 4.45. The lowest BCUT2D eigenvalue weighted by Crippen LogP contribution is -2.43. The topological polar surface area (TPSA) is 84.5 Å². The van der Waals surface area contributed by atoms with Crippen molar-refractivity contribution in [2.24, 2.45) is 0 Å². The zero-order valence-corrected chi connectivity index (χ0v) is 12.1. The lowest BCUT2D eigenvalue weighted by molar-refractivity contribution is -0.126. The van der Waals surface area contributed by atoms with Crippen LogP contribution < -0.4 is 15.4 Å². The second kappa shape index (κ2) is 6.39. The van der Waals surface area contributed by atoms with E-state index in [9.17, 15) is 14.4 Å². The smallest absolute Gasteiger partial charge is 0.321 e. The second-order valence-corrected chi connectivity index (χ2v) is 4.92. The first-order valence-corrected chi connectivity index (χ1v) is 6.86. The van der Waals surface area contributed by atoms with Crippen LogP contribution in [0.1, 0.15) is 35.7 Å². The SMILES string of the molecule is CNC(=O)NC(=O)C(C)Oc1ccc2c(c1)CCCC2=O. The number of amides is 3. The molecule has 0 aliphatic heterocycles. The van der Waals surface area contributed by atoms with E-state index in [1.165, 1.54) is 7.05 Å². The molecule has 0 saturated carbocycles. The van der Waals surface area contributed by atoms with Crippen molar-refractivity contribution in [2.45, 2.75) is 32.3 Å². The Balaban J connectivity index is 2.04. The Labute approximate surface area is 122 Å². The number of Topliss-reactive ketones (excluding diaryl/α,β-unsaturated/α-hetero) is 1. The maximum Gasteiger partial charge on any atom is 0.321 e. The van der Waals surface area contributed by atoms with Crippen LogP contribution in [0.5, 0.6) is 5.75 Å². The molecule has 1 aliphatic carbocycles. The minimum atomic E-state index is -0.806. The average Bonchev–Trinajstić information content (AvgIpc) is 2.47. The molecule has 0 spiro atoms. The Bertz CT molecular complexity index is 583. The number of benzene rings is 1. The Morgan fingerprint density at radius 1 is 1.29 bits per heavy atom. The average molecular weight is 290 g/mol. The summed E-state index contributed by atoms with van der Waals surface area (Å²) in [5.41, 5.74) is 1.68. The van der Waals surface area contributed by atoms with Crippen LogP contribution in [0.3, 0.4) is 0 Å². The molecule has 0 saturated heterocycles. The molecule has 21 heavy (non-hydrogen) atoms. The molecular formula is C15H18N2O4. The van der Waals surface area contributed by atoms with Crippen LogP contribution in [0, 0.1) is 0 Å². The fourth-order valence-electron chi connectivity index (χ4n) is 2.23. The summed E-state index contributed by atoms with van der Waals surface area (Å²) in [6.45, 7) is 1.56. The molecule has 1 atom stereocenters. The number of imide groups is 1. The molecule has 6 nitrogen and oxygen atoms in total. The van der Waals surface area contributed by atoms with Crippen molar-refractivity contribution in [3.63, 3.8) is 0 Å². The van der Waals surface area contributed by atoms with E-state index in [1.807, 2.05) is 0 Å². The highest BCUT2D eigenvalue weighted by atomic mass is 16.5. The molecule has 2 rings (SSSR count). The molecule has 1 unspecified atom stereocenters. The quantitative estimate of drug-likeness (QED) is 0.882. The van der Waals surface area contributed by atoms with Crippen molar-refractivity contribution >= 4 is 17.7 Å². The zero-order chi connectivity index (χ0) is 15.4. The van der Waals surface area contributed by atoms with E-state index >= 15 is 0 Å². The largest absolute Gasteiger partial charge is 0.481 e. The third-order valence-corrected chi connectivity index (χ3v) is 3.37. The van der Waals surface area contributed by atoms with Crippen LogP contribution in [0.15, 0.2) is 18.2 Å². The van der Waals surface area contributed by atoms with Crippen LogP contribution in [-0.4, -0.2) is 30.9 Å². The van der Waals surface area contributed by atoms with Crippen LogP contribution >= 0.6 is 0 Å². The van der Waals surface area contributed by atoms with Gasteiger partial charge in [0.05, 0.1) is 0 Å². The second-order valence-electron chi connectivity index (χ2n) is 4.92. The number of hydrogen-bond acceptors (Lipinski definition) is 4.